The van der Waals surface area contributed by atoms with Crippen LogP contribution in [0.25, 0.3) is 22.2 Å². The highest BCUT2D eigenvalue weighted by Crippen LogP contribution is 2.38. The lowest BCUT2D eigenvalue weighted by Crippen LogP contribution is -2.18. The number of aromatic nitrogens is 3. The summed E-state index contributed by atoms with van der Waals surface area (Å²) in [5.74, 6) is -0.389. The second-order valence-electron chi connectivity index (χ2n) is 8.82. The Balaban J connectivity index is 1.82. The number of nitrogens with zero attached hydrogens (tertiary/aromatic N) is 3. The molecular weight excluding hydrogens is 508 g/mol. The fourth-order valence-corrected chi connectivity index (χ4v) is 6.00. The molecule has 2 heterocycles. The first kappa shape index (κ1) is 24.9. The van der Waals surface area contributed by atoms with Gasteiger partial charge in [-0.15, -0.1) is 0 Å². The van der Waals surface area contributed by atoms with E-state index in [4.69, 9.17) is 21.6 Å². The lowest BCUT2D eigenvalue weighted by atomic mass is 10.2. The van der Waals surface area contributed by atoms with E-state index in [1.165, 1.54) is 0 Å². The van der Waals surface area contributed by atoms with Gasteiger partial charge >= 0.3 is 0 Å². The van der Waals surface area contributed by atoms with E-state index in [-0.39, 0.29) is 31.7 Å². The molecule has 0 aliphatic heterocycles. The maximum Gasteiger partial charge on any atom is 0.258 e. The summed E-state index contributed by atoms with van der Waals surface area (Å²) in [6, 6.07) is 20.5. The van der Waals surface area contributed by atoms with Crippen LogP contribution in [0.2, 0.25) is 5.02 Å². The molecule has 0 aliphatic rings. The molecule has 5 rings (SSSR count). The molecule has 0 fully saturated rings. The average Bonchev–Trinajstić information content (AvgIpc) is 3.18. The van der Waals surface area contributed by atoms with E-state index >= 15 is 0 Å². The van der Waals surface area contributed by atoms with Gasteiger partial charge in [-0.3, -0.25) is 4.79 Å². The van der Waals surface area contributed by atoms with E-state index in [0.29, 0.717) is 23.2 Å². The standard InChI is InChI=1S/C28H25ClN4O3S/c1-3-4-17-33-26-24(30-22-11-7-8-12-23(22)31-26)25(37(35,36)19-15-13-18(2)14-16-19)27(33)32-28(34)20-9-5-6-10-21(20)29/h5-16H,3-4,17H2,1-2H3,(H,32,34). The minimum Gasteiger partial charge on any atom is -0.309 e. The van der Waals surface area contributed by atoms with Gasteiger partial charge in [0.1, 0.15) is 16.2 Å². The van der Waals surface area contributed by atoms with Crippen LogP contribution in [0.15, 0.2) is 82.6 Å². The van der Waals surface area contributed by atoms with Gasteiger partial charge in [-0.1, -0.05) is 66.9 Å². The van der Waals surface area contributed by atoms with Crippen molar-refractivity contribution in [2.45, 2.75) is 43.0 Å². The Labute approximate surface area is 220 Å². The summed E-state index contributed by atoms with van der Waals surface area (Å²) >= 11 is 6.29. The molecule has 5 aromatic rings. The Morgan fingerprint density at radius 3 is 2.27 bits per heavy atom. The number of anilines is 1. The molecule has 0 aliphatic carbocycles. The summed E-state index contributed by atoms with van der Waals surface area (Å²) in [6.07, 6.45) is 1.61. The number of nitrogens with one attached hydrogen (secondary N) is 1. The highest BCUT2D eigenvalue weighted by atomic mass is 35.5. The number of carbonyl (C=O) groups excluding carboxylic acids is 1. The number of hydrogen-bond donors (Lipinski definition) is 1. The van der Waals surface area contributed by atoms with Crippen molar-refractivity contribution in [3.8, 4) is 0 Å². The van der Waals surface area contributed by atoms with E-state index in [9.17, 15) is 13.2 Å². The molecule has 3 aromatic carbocycles. The molecule has 0 unspecified atom stereocenters. The molecule has 0 bridgehead atoms. The second kappa shape index (κ2) is 9.95. The van der Waals surface area contributed by atoms with Gasteiger partial charge in [0.15, 0.2) is 5.65 Å². The Morgan fingerprint density at radius 1 is 0.946 bits per heavy atom. The number of sulfone groups is 1. The van der Waals surface area contributed by atoms with Gasteiger partial charge in [-0.25, -0.2) is 18.4 Å². The molecule has 0 saturated carbocycles. The number of halogens is 1. The van der Waals surface area contributed by atoms with Crippen molar-refractivity contribution in [2.75, 3.05) is 5.32 Å². The molecule has 37 heavy (non-hydrogen) atoms. The zero-order chi connectivity index (χ0) is 26.2. The van der Waals surface area contributed by atoms with Gasteiger partial charge < -0.3 is 9.88 Å². The van der Waals surface area contributed by atoms with Crippen molar-refractivity contribution in [1.82, 2.24) is 14.5 Å². The Morgan fingerprint density at radius 2 is 1.59 bits per heavy atom. The van der Waals surface area contributed by atoms with Gasteiger partial charge in [0, 0.05) is 6.54 Å². The zero-order valence-corrected chi connectivity index (χ0v) is 22.0. The van der Waals surface area contributed by atoms with E-state index in [0.717, 1.165) is 18.4 Å². The predicted molar refractivity (Wildman–Crippen MR) is 146 cm³/mol. The van der Waals surface area contributed by atoms with Crippen LogP contribution in [-0.2, 0) is 16.4 Å². The lowest BCUT2D eigenvalue weighted by molar-refractivity contribution is 0.102. The summed E-state index contributed by atoms with van der Waals surface area (Å²) in [5, 5.41) is 3.12. The first-order valence-electron chi connectivity index (χ1n) is 12.0. The van der Waals surface area contributed by atoms with Crippen molar-refractivity contribution in [3.05, 3.63) is 88.9 Å². The largest absolute Gasteiger partial charge is 0.309 e. The minimum absolute atomic E-state index is 0.0823. The summed E-state index contributed by atoms with van der Waals surface area (Å²) in [5.41, 5.74) is 2.97. The molecule has 0 saturated heterocycles. The second-order valence-corrected chi connectivity index (χ2v) is 11.1. The molecule has 0 atom stereocenters. The van der Waals surface area contributed by atoms with Crippen LogP contribution in [0, 0.1) is 6.92 Å². The zero-order valence-electron chi connectivity index (χ0n) is 20.4. The van der Waals surface area contributed by atoms with E-state index in [1.54, 1.807) is 59.2 Å². The first-order valence-corrected chi connectivity index (χ1v) is 13.8. The summed E-state index contributed by atoms with van der Waals surface area (Å²) in [7, 11) is -4.09. The third-order valence-electron chi connectivity index (χ3n) is 6.19. The van der Waals surface area contributed by atoms with Crippen molar-refractivity contribution < 1.29 is 13.2 Å². The third-order valence-corrected chi connectivity index (χ3v) is 8.34. The number of carbonyl (C=O) groups is 1. The number of fused-ring (bicyclic) bond motifs is 2. The van der Waals surface area contributed by atoms with Crippen LogP contribution in [-0.4, -0.2) is 28.9 Å². The average molecular weight is 533 g/mol. The van der Waals surface area contributed by atoms with Crippen LogP contribution < -0.4 is 5.32 Å². The lowest BCUT2D eigenvalue weighted by Gasteiger charge is -2.14. The number of benzene rings is 3. The van der Waals surface area contributed by atoms with Gasteiger partial charge in [-0.05, 0) is 49.7 Å². The summed E-state index contributed by atoms with van der Waals surface area (Å²) in [6.45, 7) is 4.38. The van der Waals surface area contributed by atoms with Gasteiger partial charge in [0.05, 0.1) is 26.5 Å². The number of rotatable bonds is 7. The Hall–Kier alpha value is -3.75. The topological polar surface area (TPSA) is 94.0 Å². The smallest absolute Gasteiger partial charge is 0.258 e. The van der Waals surface area contributed by atoms with Crippen LogP contribution in [0.3, 0.4) is 0 Å². The molecule has 188 valence electrons. The number of amides is 1. The maximum atomic E-state index is 14.1. The van der Waals surface area contributed by atoms with Gasteiger partial charge in [0.25, 0.3) is 5.91 Å². The molecule has 7 nitrogen and oxygen atoms in total. The van der Waals surface area contributed by atoms with Gasteiger partial charge in [0.2, 0.25) is 9.84 Å². The normalized spacial score (nSPS) is 11.8. The molecule has 1 N–H and O–H groups in total. The Bertz CT molecular complexity index is 1750. The number of para-hydroxylation sites is 2. The van der Waals surface area contributed by atoms with E-state index in [1.807, 2.05) is 32.0 Å². The molecule has 1 amide bonds. The Kier molecular flexibility index (Phi) is 6.70. The van der Waals surface area contributed by atoms with Crippen LogP contribution in [0.1, 0.15) is 35.7 Å². The van der Waals surface area contributed by atoms with Crippen LogP contribution in [0.4, 0.5) is 5.82 Å². The molecule has 9 heteroatoms. The molecule has 2 aromatic heterocycles. The van der Waals surface area contributed by atoms with Gasteiger partial charge in [-0.2, -0.15) is 0 Å². The summed E-state index contributed by atoms with van der Waals surface area (Å²) in [4.78, 5) is 22.9. The highest BCUT2D eigenvalue weighted by Gasteiger charge is 2.32. The minimum atomic E-state index is -4.09. The molecule has 0 spiro atoms. The number of hydrogen-bond acceptors (Lipinski definition) is 5. The van der Waals surface area contributed by atoms with E-state index < -0.39 is 15.7 Å². The fourth-order valence-electron chi connectivity index (χ4n) is 4.24. The highest BCUT2D eigenvalue weighted by molar-refractivity contribution is 7.92. The van der Waals surface area contributed by atoms with Crippen LogP contribution in [0.5, 0.6) is 0 Å². The SMILES string of the molecule is CCCCn1c(NC(=O)c2ccccc2Cl)c(S(=O)(=O)c2ccc(C)cc2)c2nc3ccccc3nc21. The number of unbranched alkanes of at least 4 members (excludes halogenated alkanes) is 1. The van der Waals surface area contributed by atoms with Crippen molar-refractivity contribution in [3.63, 3.8) is 0 Å². The number of aryl methyl sites for hydroxylation is 2. The quantitative estimate of drug-likeness (QED) is 0.260. The van der Waals surface area contributed by atoms with E-state index in [2.05, 4.69) is 5.32 Å². The monoisotopic (exact) mass is 532 g/mol. The molecular formula is C28H25ClN4O3S. The van der Waals surface area contributed by atoms with Crippen molar-refractivity contribution >= 4 is 55.4 Å². The third kappa shape index (κ3) is 4.58. The van der Waals surface area contributed by atoms with Crippen molar-refractivity contribution in [1.29, 1.82) is 0 Å². The molecule has 0 radical (unpaired) electrons. The first-order chi connectivity index (χ1) is 17.8. The summed E-state index contributed by atoms with van der Waals surface area (Å²) < 4.78 is 30.0. The maximum absolute atomic E-state index is 14.1. The predicted octanol–water partition coefficient (Wildman–Crippen LogP) is 6.43. The van der Waals surface area contributed by atoms with Crippen LogP contribution >= 0.6 is 11.6 Å². The fraction of sp³-hybridized carbons (Fsp3) is 0.179. The van der Waals surface area contributed by atoms with Crippen molar-refractivity contribution in [2.24, 2.45) is 0 Å².